The number of urea groups is 1. The van der Waals surface area contributed by atoms with Gasteiger partial charge in [0.1, 0.15) is 0 Å². The summed E-state index contributed by atoms with van der Waals surface area (Å²) in [4.78, 5) is 24.1. The molecule has 0 aromatic heterocycles. The molecule has 1 aromatic rings. The van der Waals surface area contributed by atoms with Crippen molar-refractivity contribution in [2.24, 2.45) is 11.7 Å². The zero-order chi connectivity index (χ0) is 16.8. The lowest BCUT2D eigenvalue weighted by atomic mass is 10.0. The van der Waals surface area contributed by atoms with Crippen LogP contribution in [0.3, 0.4) is 0 Å². The first-order valence-electron chi connectivity index (χ1n) is 8.16. The molecule has 24 heavy (non-hydrogen) atoms. The first-order chi connectivity index (χ1) is 11.0. The second-order valence-corrected chi connectivity index (χ2v) is 6.49. The molecule has 134 valence electrons. The number of nitrogens with two attached hydrogens (primary N) is 1. The van der Waals surface area contributed by atoms with Crippen molar-refractivity contribution >= 4 is 30.0 Å². The van der Waals surface area contributed by atoms with Crippen LogP contribution < -0.4 is 21.7 Å². The van der Waals surface area contributed by atoms with E-state index in [1.54, 1.807) is 24.3 Å². The zero-order valence-corrected chi connectivity index (χ0v) is 15.0. The molecule has 1 aliphatic carbocycles. The lowest BCUT2D eigenvalue weighted by Gasteiger charge is -2.19. The van der Waals surface area contributed by atoms with Gasteiger partial charge in [-0.3, -0.25) is 4.79 Å². The summed E-state index contributed by atoms with van der Waals surface area (Å²) in [5, 5.41) is 8.54. The third-order valence-corrected chi connectivity index (χ3v) is 3.67. The van der Waals surface area contributed by atoms with E-state index in [9.17, 15) is 9.59 Å². The second-order valence-electron chi connectivity index (χ2n) is 6.49. The molecule has 3 amide bonds. The highest BCUT2D eigenvalue weighted by Crippen LogP contribution is 2.19. The number of carbonyl (C=O) groups is 2. The number of amides is 3. The Kier molecular flexibility index (Phi) is 8.01. The van der Waals surface area contributed by atoms with Gasteiger partial charge in [0.25, 0.3) is 5.91 Å². The number of hydrogen-bond donors (Lipinski definition) is 4. The zero-order valence-electron chi connectivity index (χ0n) is 14.2. The van der Waals surface area contributed by atoms with E-state index in [0.29, 0.717) is 29.8 Å². The number of anilines is 1. The minimum atomic E-state index is -0.232. The molecule has 6 nitrogen and oxygen atoms in total. The highest BCUT2D eigenvalue weighted by atomic mass is 35.5. The van der Waals surface area contributed by atoms with E-state index < -0.39 is 0 Å². The number of hydrogen-bond acceptors (Lipinski definition) is 3. The molecule has 2 rings (SSSR count). The van der Waals surface area contributed by atoms with E-state index >= 15 is 0 Å². The number of halogens is 1. The van der Waals surface area contributed by atoms with Crippen LogP contribution in [-0.4, -0.2) is 30.6 Å². The van der Waals surface area contributed by atoms with Gasteiger partial charge < -0.3 is 21.7 Å². The van der Waals surface area contributed by atoms with Crippen LogP contribution in [-0.2, 0) is 0 Å². The summed E-state index contributed by atoms with van der Waals surface area (Å²) in [6.45, 7) is 4.60. The summed E-state index contributed by atoms with van der Waals surface area (Å²) in [6.07, 6.45) is 2.91. The fourth-order valence-corrected chi connectivity index (χ4v) is 2.37. The molecule has 1 aliphatic rings. The highest BCUT2D eigenvalue weighted by Gasteiger charge is 2.23. The standard InChI is InChI=1S/C17H26N4O2.ClH/c1-11(2)8-15(10-18)19-16(22)12-4-3-5-14(9-12)21-17(23)20-13-6-7-13;/h3-5,9,11,13,15H,6-8,10,18H2,1-2H3,(H,19,22)(H2,20,21,23);1H. The van der Waals surface area contributed by atoms with Gasteiger partial charge in [-0.15, -0.1) is 12.4 Å². The molecule has 0 radical (unpaired) electrons. The van der Waals surface area contributed by atoms with Crippen LogP contribution >= 0.6 is 12.4 Å². The maximum atomic E-state index is 12.3. The number of nitrogens with one attached hydrogen (secondary N) is 3. The van der Waals surface area contributed by atoms with Gasteiger partial charge in [-0.25, -0.2) is 4.79 Å². The summed E-state index contributed by atoms with van der Waals surface area (Å²) < 4.78 is 0. The van der Waals surface area contributed by atoms with Gasteiger partial charge in [0.15, 0.2) is 0 Å². The minimum absolute atomic E-state index is 0. The molecule has 0 saturated heterocycles. The van der Waals surface area contributed by atoms with Crippen molar-refractivity contribution in [3.63, 3.8) is 0 Å². The van der Waals surface area contributed by atoms with Crippen LogP contribution in [0.15, 0.2) is 24.3 Å². The van der Waals surface area contributed by atoms with E-state index in [2.05, 4.69) is 29.8 Å². The molecule has 1 aromatic carbocycles. The lowest BCUT2D eigenvalue weighted by Crippen LogP contribution is -2.41. The molecular weight excluding hydrogens is 328 g/mol. The first-order valence-corrected chi connectivity index (χ1v) is 8.16. The Balaban J connectivity index is 0.00000288. The quantitative estimate of drug-likeness (QED) is 0.605. The van der Waals surface area contributed by atoms with Crippen LogP contribution in [0.25, 0.3) is 0 Å². The average molecular weight is 355 g/mol. The van der Waals surface area contributed by atoms with Gasteiger partial charge in [-0.1, -0.05) is 19.9 Å². The van der Waals surface area contributed by atoms with Crippen LogP contribution in [0.1, 0.15) is 43.5 Å². The largest absolute Gasteiger partial charge is 0.348 e. The van der Waals surface area contributed by atoms with Gasteiger partial charge in [0.05, 0.1) is 0 Å². The van der Waals surface area contributed by atoms with Crippen molar-refractivity contribution in [3.8, 4) is 0 Å². The fourth-order valence-electron chi connectivity index (χ4n) is 2.37. The third-order valence-electron chi connectivity index (χ3n) is 3.67. The topological polar surface area (TPSA) is 96.2 Å². The molecule has 1 saturated carbocycles. The molecule has 0 spiro atoms. The number of carbonyl (C=O) groups excluding carboxylic acids is 2. The van der Waals surface area contributed by atoms with E-state index in [1.165, 1.54) is 0 Å². The molecule has 0 heterocycles. The van der Waals surface area contributed by atoms with Crippen molar-refractivity contribution in [1.82, 2.24) is 10.6 Å². The number of rotatable bonds is 7. The summed E-state index contributed by atoms with van der Waals surface area (Å²) >= 11 is 0. The van der Waals surface area contributed by atoms with Crippen molar-refractivity contribution in [2.45, 2.75) is 45.2 Å². The average Bonchev–Trinajstić information content (AvgIpc) is 3.30. The Bertz CT molecular complexity index is 561. The monoisotopic (exact) mass is 354 g/mol. The van der Waals surface area contributed by atoms with Crippen molar-refractivity contribution in [3.05, 3.63) is 29.8 Å². The lowest BCUT2D eigenvalue weighted by molar-refractivity contribution is 0.0933. The molecule has 0 aliphatic heterocycles. The molecule has 7 heteroatoms. The van der Waals surface area contributed by atoms with E-state index in [1.807, 2.05) is 0 Å². The predicted octanol–water partition coefficient (Wildman–Crippen LogP) is 2.50. The number of benzene rings is 1. The van der Waals surface area contributed by atoms with Gasteiger partial charge in [0, 0.05) is 29.9 Å². The highest BCUT2D eigenvalue weighted by molar-refractivity contribution is 5.97. The van der Waals surface area contributed by atoms with Gasteiger partial charge >= 0.3 is 6.03 Å². The van der Waals surface area contributed by atoms with Gasteiger partial charge in [-0.2, -0.15) is 0 Å². The van der Waals surface area contributed by atoms with E-state index in [0.717, 1.165) is 19.3 Å². The smallest absolute Gasteiger partial charge is 0.319 e. The normalized spacial score (nSPS) is 14.5. The Hall–Kier alpha value is -1.79. The van der Waals surface area contributed by atoms with Crippen LogP contribution in [0.5, 0.6) is 0 Å². The van der Waals surface area contributed by atoms with Crippen LogP contribution in [0.4, 0.5) is 10.5 Å². The Labute approximate surface area is 149 Å². The van der Waals surface area contributed by atoms with Crippen LogP contribution in [0.2, 0.25) is 0 Å². The Morgan fingerprint density at radius 1 is 1.29 bits per heavy atom. The minimum Gasteiger partial charge on any atom is -0.348 e. The van der Waals surface area contributed by atoms with Crippen molar-refractivity contribution < 1.29 is 9.59 Å². The molecule has 0 bridgehead atoms. The Morgan fingerprint density at radius 2 is 2.00 bits per heavy atom. The summed E-state index contributed by atoms with van der Waals surface area (Å²) in [6, 6.07) is 6.93. The van der Waals surface area contributed by atoms with Crippen molar-refractivity contribution in [1.29, 1.82) is 0 Å². The predicted molar refractivity (Wildman–Crippen MR) is 98.6 cm³/mol. The SMILES string of the molecule is CC(C)CC(CN)NC(=O)c1cccc(NC(=O)NC2CC2)c1.Cl. The molecular formula is C17H27ClN4O2. The molecule has 5 N–H and O–H groups in total. The van der Waals surface area contributed by atoms with Crippen LogP contribution in [0, 0.1) is 5.92 Å². The molecule has 1 unspecified atom stereocenters. The maximum Gasteiger partial charge on any atom is 0.319 e. The van der Waals surface area contributed by atoms with Gasteiger partial charge in [0.2, 0.25) is 0 Å². The second kappa shape index (κ2) is 9.49. The van der Waals surface area contributed by atoms with Crippen molar-refractivity contribution in [2.75, 3.05) is 11.9 Å². The molecule has 1 fully saturated rings. The summed E-state index contributed by atoms with van der Waals surface area (Å²) in [5.74, 6) is 0.287. The van der Waals surface area contributed by atoms with E-state index in [4.69, 9.17) is 5.73 Å². The Morgan fingerprint density at radius 3 is 2.58 bits per heavy atom. The fraction of sp³-hybridized carbons (Fsp3) is 0.529. The summed E-state index contributed by atoms with van der Waals surface area (Å²) in [5.41, 5.74) is 6.83. The van der Waals surface area contributed by atoms with Gasteiger partial charge in [-0.05, 0) is 43.4 Å². The third kappa shape index (κ3) is 6.76. The van der Waals surface area contributed by atoms with E-state index in [-0.39, 0.29) is 30.4 Å². The molecule has 1 atom stereocenters. The summed E-state index contributed by atoms with van der Waals surface area (Å²) in [7, 11) is 0. The maximum absolute atomic E-state index is 12.3. The first kappa shape index (κ1) is 20.3.